The molecule has 0 bridgehead atoms. The van der Waals surface area contributed by atoms with Crippen molar-refractivity contribution in [2.24, 2.45) is 0 Å². The van der Waals surface area contributed by atoms with E-state index < -0.39 is 5.97 Å². The van der Waals surface area contributed by atoms with Crippen molar-refractivity contribution in [2.45, 2.75) is 19.8 Å². The number of esters is 1. The van der Waals surface area contributed by atoms with Crippen LogP contribution in [-0.2, 0) is 20.7 Å². The Morgan fingerprint density at radius 1 is 1.23 bits per heavy atom. The first-order valence-electron chi connectivity index (χ1n) is 8.18. The third kappa shape index (κ3) is 4.11. The quantitative estimate of drug-likeness (QED) is 0.682. The molecule has 0 saturated heterocycles. The summed E-state index contributed by atoms with van der Waals surface area (Å²) < 4.78 is 21.0. The summed E-state index contributed by atoms with van der Waals surface area (Å²) in [6.07, 6.45) is 0.433. The minimum atomic E-state index is -0.439. The zero-order valence-electron chi connectivity index (χ0n) is 14.6. The van der Waals surface area contributed by atoms with Crippen molar-refractivity contribution in [1.29, 1.82) is 0 Å². The molecule has 1 aliphatic rings. The fourth-order valence-corrected chi connectivity index (χ4v) is 2.39. The summed E-state index contributed by atoms with van der Waals surface area (Å²) in [6.45, 7) is 2.10. The predicted molar refractivity (Wildman–Crippen MR) is 88.4 cm³/mol. The van der Waals surface area contributed by atoms with Gasteiger partial charge in [0.1, 0.15) is 6.54 Å². The lowest BCUT2D eigenvalue weighted by molar-refractivity contribution is -0.148. The topological polar surface area (TPSA) is 104 Å². The van der Waals surface area contributed by atoms with Crippen LogP contribution in [0.1, 0.15) is 19.2 Å². The summed E-state index contributed by atoms with van der Waals surface area (Å²) >= 11 is 0. The van der Waals surface area contributed by atoms with Crippen molar-refractivity contribution in [1.82, 2.24) is 15.1 Å². The fourth-order valence-electron chi connectivity index (χ4n) is 2.39. The second kappa shape index (κ2) is 7.85. The highest BCUT2D eigenvalue weighted by molar-refractivity contribution is 5.81. The molecular weight excluding hydrogens is 342 g/mol. The number of ether oxygens (including phenoxy) is 3. The first kappa shape index (κ1) is 17.7. The first-order chi connectivity index (χ1) is 12.6. The molecule has 0 aliphatic carbocycles. The number of hydrogen-bond acceptors (Lipinski definition) is 8. The molecule has 2 heterocycles. The first-order valence-corrected chi connectivity index (χ1v) is 8.18. The van der Waals surface area contributed by atoms with Gasteiger partial charge in [-0.25, -0.2) is 0 Å². The van der Waals surface area contributed by atoms with Gasteiger partial charge in [-0.2, -0.15) is 0 Å². The molecular formula is C17H19N3O6. The number of carbonyl (C=O) groups excluding carboxylic acids is 2. The average molecular weight is 361 g/mol. The van der Waals surface area contributed by atoms with E-state index in [1.54, 1.807) is 32.2 Å². The number of nitrogens with zero attached hydrogens (tertiary/aromatic N) is 3. The van der Waals surface area contributed by atoms with Gasteiger partial charge < -0.3 is 23.5 Å². The molecule has 1 aliphatic heterocycles. The Balaban J connectivity index is 1.55. The molecule has 0 atom stereocenters. The molecule has 0 fully saturated rings. The Labute approximate surface area is 149 Å². The maximum atomic E-state index is 12.1. The Morgan fingerprint density at radius 2 is 2.04 bits per heavy atom. The van der Waals surface area contributed by atoms with Crippen LogP contribution in [0, 0.1) is 0 Å². The van der Waals surface area contributed by atoms with Crippen LogP contribution in [0.3, 0.4) is 0 Å². The lowest BCUT2D eigenvalue weighted by Gasteiger charge is -2.15. The van der Waals surface area contributed by atoms with Gasteiger partial charge in [-0.15, -0.1) is 10.2 Å². The van der Waals surface area contributed by atoms with Crippen molar-refractivity contribution in [2.75, 3.05) is 27.0 Å². The number of benzene rings is 1. The molecule has 0 radical (unpaired) electrons. The third-order valence-electron chi connectivity index (χ3n) is 3.74. The summed E-state index contributed by atoms with van der Waals surface area (Å²) in [5.41, 5.74) is 0.707. The third-order valence-corrected chi connectivity index (χ3v) is 3.74. The van der Waals surface area contributed by atoms with Gasteiger partial charge in [0.2, 0.25) is 24.5 Å². The van der Waals surface area contributed by atoms with Crippen molar-refractivity contribution in [3.63, 3.8) is 0 Å². The lowest BCUT2D eigenvalue weighted by Crippen LogP contribution is -2.33. The highest BCUT2D eigenvalue weighted by atomic mass is 16.7. The Hall–Kier alpha value is -3.10. The standard InChI is InChI=1S/C17H19N3O6/c1-3-23-16(22)9-20(2)15(21)7-6-14-18-19-17(26-14)11-4-5-12-13(8-11)25-10-24-12/h4-5,8H,3,6-7,9-10H2,1-2H3. The zero-order valence-corrected chi connectivity index (χ0v) is 14.6. The molecule has 138 valence electrons. The van der Waals surface area contributed by atoms with Crippen LogP contribution in [-0.4, -0.2) is 54.0 Å². The molecule has 0 unspecified atom stereocenters. The van der Waals surface area contributed by atoms with Crippen LogP contribution < -0.4 is 9.47 Å². The molecule has 26 heavy (non-hydrogen) atoms. The second-order valence-corrected chi connectivity index (χ2v) is 5.62. The van der Waals surface area contributed by atoms with Crippen LogP contribution in [0.2, 0.25) is 0 Å². The normalized spacial score (nSPS) is 12.1. The Morgan fingerprint density at radius 3 is 2.85 bits per heavy atom. The number of carbonyl (C=O) groups is 2. The largest absolute Gasteiger partial charge is 0.465 e. The molecule has 3 rings (SSSR count). The number of hydrogen-bond donors (Lipinski definition) is 0. The van der Waals surface area contributed by atoms with Gasteiger partial charge in [-0.05, 0) is 25.1 Å². The predicted octanol–water partition coefficient (Wildman–Crippen LogP) is 1.42. The smallest absolute Gasteiger partial charge is 0.325 e. The van der Waals surface area contributed by atoms with E-state index in [0.717, 1.165) is 0 Å². The van der Waals surface area contributed by atoms with Gasteiger partial charge in [0.15, 0.2) is 11.5 Å². The van der Waals surface area contributed by atoms with Crippen molar-refractivity contribution in [3.05, 3.63) is 24.1 Å². The van der Waals surface area contributed by atoms with E-state index in [1.165, 1.54) is 4.90 Å². The molecule has 1 aromatic carbocycles. The maximum Gasteiger partial charge on any atom is 0.325 e. The summed E-state index contributed by atoms with van der Waals surface area (Å²) in [4.78, 5) is 24.8. The number of aryl methyl sites for hydroxylation is 1. The van der Waals surface area contributed by atoms with E-state index >= 15 is 0 Å². The highest BCUT2D eigenvalue weighted by Crippen LogP contribution is 2.35. The van der Waals surface area contributed by atoms with Crippen LogP contribution in [0.5, 0.6) is 11.5 Å². The minimum absolute atomic E-state index is 0.0844. The zero-order chi connectivity index (χ0) is 18.5. The van der Waals surface area contributed by atoms with Gasteiger partial charge >= 0.3 is 5.97 Å². The molecule has 0 N–H and O–H groups in total. The number of fused-ring (bicyclic) bond motifs is 1. The monoisotopic (exact) mass is 361 g/mol. The van der Waals surface area contributed by atoms with Gasteiger partial charge in [-0.1, -0.05) is 0 Å². The summed E-state index contributed by atoms with van der Waals surface area (Å²) in [5.74, 6) is 1.33. The van der Waals surface area contributed by atoms with E-state index in [-0.39, 0.29) is 38.7 Å². The number of rotatable bonds is 7. The highest BCUT2D eigenvalue weighted by Gasteiger charge is 2.18. The molecule has 0 spiro atoms. The Kier molecular flexibility index (Phi) is 5.35. The maximum absolute atomic E-state index is 12.1. The number of likely N-dealkylation sites (N-methyl/N-ethyl adjacent to an activating group) is 1. The van der Waals surface area contributed by atoms with E-state index in [0.29, 0.717) is 28.8 Å². The number of aromatic nitrogens is 2. The van der Waals surface area contributed by atoms with Crippen molar-refractivity contribution in [3.8, 4) is 23.0 Å². The van der Waals surface area contributed by atoms with Crippen molar-refractivity contribution < 1.29 is 28.2 Å². The lowest BCUT2D eigenvalue weighted by atomic mass is 10.2. The van der Waals surface area contributed by atoms with E-state index in [1.807, 2.05) is 0 Å². The molecule has 9 nitrogen and oxygen atoms in total. The molecule has 9 heteroatoms. The SMILES string of the molecule is CCOC(=O)CN(C)C(=O)CCc1nnc(-c2ccc3c(c2)OCO3)o1. The molecule has 1 aromatic heterocycles. The van der Waals surface area contributed by atoms with Crippen LogP contribution in [0.15, 0.2) is 22.6 Å². The van der Waals surface area contributed by atoms with Gasteiger partial charge in [0.25, 0.3) is 0 Å². The fraction of sp³-hybridized carbons (Fsp3) is 0.412. The Bertz CT molecular complexity index is 804. The van der Waals surface area contributed by atoms with E-state index in [9.17, 15) is 9.59 Å². The molecule has 1 amide bonds. The van der Waals surface area contributed by atoms with Crippen molar-refractivity contribution >= 4 is 11.9 Å². The van der Waals surface area contributed by atoms with Gasteiger partial charge in [-0.3, -0.25) is 9.59 Å². The van der Waals surface area contributed by atoms with Gasteiger partial charge in [0, 0.05) is 25.5 Å². The van der Waals surface area contributed by atoms with Gasteiger partial charge in [0.05, 0.1) is 6.61 Å². The van der Waals surface area contributed by atoms with E-state index in [2.05, 4.69) is 10.2 Å². The van der Waals surface area contributed by atoms with Crippen LogP contribution in [0.4, 0.5) is 0 Å². The average Bonchev–Trinajstić information content (AvgIpc) is 3.28. The van der Waals surface area contributed by atoms with Crippen LogP contribution in [0.25, 0.3) is 11.5 Å². The van der Waals surface area contributed by atoms with E-state index in [4.69, 9.17) is 18.6 Å². The summed E-state index contributed by atoms with van der Waals surface area (Å²) in [5, 5.41) is 7.95. The second-order valence-electron chi connectivity index (χ2n) is 5.62. The summed E-state index contributed by atoms with van der Waals surface area (Å²) in [6, 6.07) is 5.33. The molecule has 2 aromatic rings. The number of amides is 1. The molecule has 0 saturated carbocycles. The summed E-state index contributed by atoms with van der Waals surface area (Å²) in [7, 11) is 1.55. The minimum Gasteiger partial charge on any atom is -0.465 e. The van der Waals surface area contributed by atoms with Crippen LogP contribution >= 0.6 is 0 Å².